The van der Waals surface area contributed by atoms with Gasteiger partial charge in [0.25, 0.3) is 0 Å². The van der Waals surface area contributed by atoms with Crippen LogP contribution in [0, 0.1) is 5.41 Å². The van der Waals surface area contributed by atoms with Crippen molar-refractivity contribution in [3.63, 3.8) is 0 Å². The summed E-state index contributed by atoms with van der Waals surface area (Å²) >= 11 is 0. The molecule has 88 valence electrons. The van der Waals surface area contributed by atoms with Crippen molar-refractivity contribution in [3.05, 3.63) is 0 Å². The van der Waals surface area contributed by atoms with Crippen LogP contribution in [0.15, 0.2) is 0 Å². The van der Waals surface area contributed by atoms with Crippen molar-refractivity contribution in [2.75, 3.05) is 13.1 Å². The third-order valence-electron chi connectivity index (χ3n) is 3.64. The molecule has 2 N–H and O–H groups in total. The highest BCUT2D eigenvalue weighted by Crippen LogP contribution is 2.40. The molecule has 2 rings (SSSR count). The van der Waals surface area contributed by atoms with Crippen LogP contribution in [-0.2, 0) is 4.79 Å². The predicted molar refractivity (Wildman–Crippen MR) is 63.2 cm³/mol. The molecule has 4 heteroatoms. The van der Waals surface area contributed by atoms with Crippen molar-refractivity contribution in [3.8, 4) is 0 Å². The maximum atomic E-state index is 11.9. The molecule has 1 saturated carbocycles. The summed E-state index contributed by atoms with van der Waals surface area (Å²) in [4.78, 5) is 11.9. The van der Waals surface area contributed by atoms with E-state index in [0.717, 1.165) is 32.4 Å². The largest absolute Gasteiger partial charge is 0.352 e. The quantitative estimate of drug-likeness (QED) is 0.757. The molecule has 0 bridgehead atoms. The third-order valence-corrected chi connectivity index (χ3v) is 3.64. The van der Waals surface area contributed by atoms with E-state index in [-0.39, 0.29) is 23.7 Å². The maximum absolute atomic E-state index is 11.9. The summed E-state index contributed by atoms with van der Waals surface area (Å²) in [5.74, 6) is 0.275. The van der Waals surface area contributed by atoms with Crippen LogP contribution in [0.1, 0.15) is 39.0 Å². The molecule has 1 atom stereocenters. The first-order chi connectivity index (χ1) is 6.71. The van der Waals surface area contributed by atoms with Crippen LogP contribution >= 0.6 is 12.4 Å². The fourth-order valence-corrected chi connectivity index (χ4v) is 2.27. The number of piperidine rings is 1. The van der Waals surface area contributed by atoms with Crippen LogP contribution in [0.4, 0.5) is 0 Å². The zero-order valence-electron chi connectivity index (χ0n) is 9.34. The molecule has 1 saturated heterocycles. The monoisotopic (exact) mass is 232 g/mol. The van der Waals surface area contributed by atoms with E-state index >= 15 is 0 Å². The standard InChI is InChI=1S/C11H20N2O.ClH/c1-11(5-3-6-11)10(14)13-9-4-2-7-12-8-9;/h9,12H,2-8H2,1H3,(H,13,14);1H. The summed E-state index contributed by atoms with van der Waals surface area (Å²) in [5, 5.41) is 6.47. The van der Waals surface area contributed by atoms with Gasteiger partial charge in [0.15, 0.2) is 0 Å². The lowest BCUT2D eigenvalue weighted by atomic mass is 9.69. The second-order valence-electron chi connectivity index (χ2n) is 4.93. The molecular weight excluding hydrogens is 212 g/mol. The summed E-state index contributed by atoms with van der Waals surface area (Å²) in [6.45, 7) is 4.13. The van der Waals surface area contributed by atoms with E-state index in [0.29, 0.717) is 6.04 Å². The fraction of sp³-hybridized carbons (Fsp3) is 0.909. The van der Waals surface area contributed by atoms with Crippen LogP contribution in [0.5, 0.6) is 0 Å². The third kappa shape index (κ3) is 2.85. The summed E-state index contributed by atoms with van der Waals surface area (Å²) in [6.07, 6.45) is 5.67. The second-order valence-corrected chi connectivity index (χ2v) is 4.93. The number of amides is 1. The SMILES string of the molecule is CC1(C(=O)NC2CCCNC2)CCC1.Cl. The van der Waals surface area contributed by atoms with Crippen molar-refractivity contribution in [1.82, 2.24) is 10.6 Å². The van der Waals surface area contributed by atoms with Gasteiger partial charge >= 0.3 is 0 Å². The van der Waals surface area contributed by atoms with Gasteiger partial charge < -0.3 is 10.6 Å². The van der Waals surface area contributed by atoms with Gasteiger partial charge in [-0.2, -0.15) is 0 Å². The second kappa shape index (κ2) is 5.17. The molecule has 2 fully saturated rings. The van der Waals surface area contributed by atoms with Gasteiger partial charge in [0.2, 0.25) is 5.91 Å². The normalized spacial score (nSPS) is 28.5. The lowest BCUT2D eigenvalue weighted by Gasteiger charge is -2.38. The van der Waals surface area contributed by atoms with E-state index in [1.807, 2.05) is 0 Å². The first-order valence-electron chi connectivity index (χ1n) is 5.72. The molecule has 3 nitrogen and oxygen atoms in total. The Morgan fingerprint density at radius 3 is 2.60 bits per heavy atom. The molecule has 1 amide bonds. The highest BCUT2D eigenvalue weighted by Gasteiger charge is 2.39. The van der Waals surface area contributed by atoms with Crippen LogP contribution in [0.25, 0.3) is 0 Å². The minimum absolute atomic E-state index is 0. The average molecular weight is 233 g/mol. The summed E-state index contributed by atoms with van der Waals surface area (Å²) in [6, 6.07) is 0.369. The van der Waals surface area contributed by atoms with Crippen LogP contribution in [0.3, 0.4) is 0 Å². The van der Waals surface area contributed by atoms with Gasteiger partial charge in [-0.05, 0) is 32.2 Å². The number of hydrogen-bond acceptors (Lipinski definition) is 2. The highest BCUT2D eigenvalue weighted by atomic mass is 35.5. The lowest BCUT2D eigenvalue weighted by Crippen LogP contribution is -2.51. The Labute approximate surface area is 97.8 Å². The Balaban J connectivity index is 0.00000112. The Kier molecular flexibility index (Phi) is 4.41. The van der Waals surface area contributed by atoms with E-state index in [9.17, 15) is 4.79 Å². The number of halogens is 1. The highest BCUT2D eigenvalue weighted by molar-refractivity contribution is 5.85. The fourth-order valence-electron chi connectivity index (χ4n) is 2.27. The van der Waals surface area contributed by atoms with Crippen molar-refractivity contribution in [1.29, 1.82) is 0 Å². The molecule has 1 unspecified atom stereocenters. The van der Waals surface area contributed by atoms with Gasteiger partial charge in [0.05, 0.1) is 0 Å². The number of carbonyl (C=O) groups excluding carboxylic acids is 1. The van der Waals surface area contributed by atoms with Gasteiger partial charge in [-0.15, -0.1) is 12.4 Å². The van der Waals surface area contributed by atoms with Crippen molar-refractivity contribution in [2.45, 2.75) is 45.1 Å². The van der Waals surface area contributed by atoms with Crippen LogP contribution in [-0.4, -0.2) is 25.0 Å². The van der Waals surface area contributed by atoms with Gasteiger partial charge in [0.1, 0.15) is 0 Å². The Morgan fingerprint density at radius 1 is 1.40 bits per heavy atom. The van der Waals surface area contributed by atoms with E-state index in [4.69, 9.17) is 0 Å². The van der Waals surface area contributed by atoms with Crippen molar-refractivity contribution >= 4 is 18.3 Å². The molecule has 1 aliphatic carbocycles. The van der Waals surface area contributed by atoms with Crippen molar-refractivity contribution in [2.24, 2.45) is 5.41 Å². The zero-order chi connectivity index (χ0) is 10.0. The molecule has 0 aromatic carbocycles. The van der Waals surface area contributed by atoms with Gasteiger partial charge in [-0.3, -0.25) is 4.79 Å². The number of hydrogen-bond donors (Lipinski definition) is 2. The molecule has 0 radical (unpaired) electrons. The van der Waals surface area contributed by atoms with E-state index in [1.54, 1.807) is 0 Å². The smallest absolute Gasteiger partial charge is 0.226 e. The van der Waals surface area contributed by atoms with E-state index in [2.05, 4.69) is 17.6 Å². The predicted octanol–water partition coefficient (Wildman–Crippen LogP) is 1.47. The minimum Gasteiger partial charge on any atom is -0.352 e. The van der Waals surface area contributed by atoms with Crippen molar-refractivity contribution < 1.29 is 4.79 Å². The number of nitrogens with one attached hydrogen (secondary N) is 2. The molecular formula is C11H21ClN2O. The summed E-state index contributed by atoms with van der Waals surface area (Å²) in [5.41, 5.74) is -0.0442. The molecule has 2 aliphatic rings. The summed E-state index contributed by atoms with van der Waals surface area (Å²) < 4.78 is 0. The molecule has 1 aliphatic heterocycles. The van der Waals surface area contributed by atoms with Crippen LogP contribution in [0.2, 0.25) is 0 Å². The Morgan fingerprint density at radius 2 is 2.13 bits per heavy atom. The van der Waals surface area contributed by atoms with Gasteiger partial charge in [-0.1, -0.05) is 13.3 Å². The number of rotatable bonds is 2. The van der Waals surface area contributed by atoms with Gasteiger partial charge in [0, 0.05) is 18.0 Å². The molecule has 1 heterocycles. The zero-order valence-corrected chi connectivity index (χ0v) is 10.2. The Hall–Kier alpha value is -0.280. The molecule has 0 spiro atoms. The van der Waals surface area contributed by atoms with E-state index < -0.39 is 0 Å². The number of carbonyl (C=O) groups is 1. The topological polar surface area (TPSA) is 41.1 Å². The molecule has 0 aromatic heterocycles. The Bertz CT molecular complexity index is 223. The van der Waals surface area contributed by atoms with Gasteiger partial charge in [-0.25, -0.2) is 0 Å². The molecule has 15 heavy (non-hydrogen) atoms. The first-order valence-corrected chi connectivity index (χ1v) is 5.72. The van der Waals surface area contributed by atoms with E-state index in [1.165, 1.54) is 12.8 Å². The average Bonchev–Trinajstić information content (AvgIpc) is 2.15. The molecule has 0 aromatic rings. The van der Waals surface area contributed by atoms with Crippen LogP contribution < -0.4 is 10.6 Å². The maximum Gasteiger partial charge on any atom is 0.226 e. The first kappa shape index (κ1) is 12.8. The lowest BCUT2D eigenvalue weighted by molar-refractivity contribution is -0.135. The summed E-state index contributed by atoms with van der Waals surface area (Å²) in [7, 11) is 0. The minimum atomic E-state index is -0.0442.